The van der Waals surface area contributed by atoms with E-state index in [2.05, 4.69) is 39.4 Å². The molecule has 0 radical (unpaired) electrons. The third-order valence-electron chi connectivity index (χ3n) is 4.94. The van der Waals surface area contributed by atoms with E-state index in [-0.39, 0.29) is 0 Å². The average molecular weight is 297 g/mol. The molecular weight excluding hydrogens is 274 g/mol. The fourth-order valence-corrected chi connectivity index (χ4v) is 3.69. The quantitative estimate of drug-likeness (QED) is 0.943. The lowest BCUT2D eigenvalue weighted by Crippen LogP contribution is -2.35. The van der Waals surface area contributed by atoms with E-state index in [1.54, 1.807) is 0 Å². The van der Waals surface area contributed by atoms with Crippen molar-refractivity contribution in [3.63, 3.8) is 0 Å². The number of nitrogens with zero attached hydrogens (tertiary/aromatic N) is 2. The van der Waals surface area contributed by atoms with Gasteiger partial charge in [-0.1, -0.05) is 12.1 Å². The van der Waals surface area contributed by atoms with E-state index in [9.17, 15) is 0 Å². The van der Waals surface area contributed by atoms with Crippen LogP contribution in [0.3, 0.4) is 0 Å². The van der Waals surface area contributed by atoms with Crippen molar-refractivity contribution >= 4 is 0 Å². The molecule has 4 heteroatoms. The van der Waals surface area contributed by atoms with Crippen LogP contribution in [-0.2, 0) is 12.8 Å². The van der Waals surface area contributed by atoms with Crippen molar-refractivity contribution in [3.8, 4) is 5.75 Å². The average Bonchev–Trinajstić information content (AvgIpc) is 3.24. The topological polar surface area (TPSA) is 41.1 Å². The molecule has 0 saturated carbocycles. The summed E-state index contributed by atoms with van der Waals surface area (Å²) < 4.78 is 5.58. The SMILES string of the molecule is c1cc(C2CCCN(CCc3ccc4c(c3)CCO4)C2)[nH]n1. The first-order valence-electron chi connectivity index (χ1n) is 8.35. The first-order chi connectivity index (χ1) is 10.9. The van der Waals surface area contributed by atoms with E-state index in [0.29, 0.717) is 5.92 Å². The number of H-pyrrole nitrogens is 1. The van der Waals surface area contributed by atoms with E-state index in [1.807, 2.05) is 6.20 Å². The van der Waals surface area contributed by atoms with Gasteiger partial charge in [-0.15, -0.1) is 0 Å². The van der Waals surface area contributed by atoms with Crippen LogP contribution >= 0.6 is 0 Å². The lowest BCUT2D eigenvalue weighted by Gasteiger charge is -2.32. The van der Waals surface area contributed by atoms with Gasteiger partial charge in [0.1, 0.15) is 5.75 Å². The Hall–Kier alpha value is -1.81. The molecule has 1 aromatic carbocycles. The molecule has 2 aliphatic heterocycles. The van der Waals surface area contributed by atoms with Gasteiger partial charge in [-0.05, 0) is 49.1 Å². The van der Waals surface area contributed by atoms with Crippen molar-refractivity contribution in [3.05, 3.63) is 47.3 Å². The zero-order valence-electron chi connectivity index (χ0n) is 12.9. The van der Waals surface area contributed by atoms with Crippen molar-refractivity contribution in [2.24, 2.45) is 0 Å². The zero-order valence-corrected chi connectivity index (χ0v) is 12.9. The van der Waals surface area contributed by atoms with Gasteiger partial charge in [0.2, 0.25) is 0 Å². The minimum atomic E-state index is 0.615. The summed E-state index contributed by atoms with van der Waals surface area (Å²) in [6, 6.07) is 8.81. The Balaban J connectivity index is 1.35. The molecule has 1 aromatic heterocycles. The van der Waals surface area contributed by atoms with Crippen LogP contribution in [0.5, 0.6) is 5.75 Å². The number of fused-ring (bicyclic) bond motifs is 1. The molecule has 1 N–H and O–H groups in total. The Morgan fingerprint density at radius 3 is 3.23 bits per heavy atom. The Labute approximate surface area is 131 Å². The second-order valence-electron chi connectivity index (χ2n) is 6.44. The minimum absolute atomic E-state index is 0.615. The third kappa shape index (κ3) is 2.88. The summed E-state index contributed by atoms with van der Waals surface area (Å²) in [5.74, 6) is 1.70. The Morgan fingerprint density at radius 2 is 2.32 bits per heavy atom. The number of hydrogen-bond acceptors (Lipinski definition) is 3. The summed E-state index contributed by atoms with van der Waals surface area (Å²) in [7, 11) is 0. The summed E-state index contributed by atoms with van der Waals surface area (Å²) in [5.41, 5.74) is 4.11. The van der Waals surface area contributed by atoms with Gasteiger partial charge in [-0.25, -0.2) is 0 Å². The maximum atomic E-state index is 5.58. The lowest BCUT2D eigenvalue weighted by molar-refractivity contribution is 0.208. The third-order valence-corrected chi connectivity index (χ3v) is 4.94. The molecule has 1 atom stereocenters. The molecule has 4 rings (SSSR count). The summed E-state index contributed by atoms with van der Waals surface area (Å²) >= 11 is 0. The highest BCUT2D eigenvalue weighted by Crippen LogP contribution is 2.27. The van der Waals surface area contributed by atoms with Crippen LogP contribution in [-0.4, -0.2) is 41.3 Å². The standard InChI is InChI=1S/C18H23N3O/c1-2-16(17-5-8-19-20-17)13-21(9-1)10-6-14-3-4-18-15(12-14)7-11-22-18/h3-5,8,12,16H,1-2,6-7,9-11,13H2,(H,19,20). The van der Waals surface area contributed by atoms with Crippen LogP contribution in [0.25, 0.3) is 0 Å². The lowest BCUT2D eigenvalue weighted by atomic mass is 9.94. The number of ether oxygens (including phenoxy) is 1. The fraction of sp³-hybridized carbons (Fsp3) is 0.500. The highest BCUT2D eigenvalue weighted by Gasteiger charge is 2.22. The smallest absolute Gasteiger partial charge is 0.122 e. The molecule has 3 heterocycles. The first kappa shape index (κ1) is 13.8. The molecule has 2 aromatic rings. The molecule has 0 spiro atoms. The number of aromatic amines is 1. The van der Waals surface area contributed by atoms with Crippen molar-refractivity contribution in [1.29, 1.82) is 0 Å². The highest BCUT2D eigenvalue weighted by atomic mass is 16.5. The molecule has 1 saturated heterocycles. The number of piperidine rings is 1. The van der Waals surface area contributed by atoms with Crippen molar-refractivity contribution < 1.29 is 4.74 Å². The van der Waals surface area contributed by atoms with Crippen LogP contribution in [0.4, 0.5) is 0 Å². The molecule has 116 valence electrons. The molecule has 0 bridgehead atoms. The van der Waals surface area contributed by atoms with Gasteiger partial charge in [0, 0.05) is 37.3 Å². The predicted octanol–water partition coefficient (Wildman–Crippen LogP) is 2.77. The highest BCUT2D eigenvalue weighted by molar-refractivity contribution is 5.39. The first-order valence-corrected chi connectivity index (χ1v) is 8.35. The van der Waals surface area contributed by atoms with Crippen LogP contribution in [0.15, 0.2) is 30.5 Å². The largest absolute Gasteiger partial charge is 0.493 e. The molecule has 2 aliphatic rings. The minimum Gasteiger partial charge on any atom is -0.493 e. The van der Waals surface area contributed by atoms with Crippen LogP contribution in [0.2, 0.25) is 0 Å². The van der Waals surface area contributed by atoms with Crippen LogP contribution in [0, 0.1) is 0 Å². The molecular formula is C18H23N3O. The fourth-order valence-electron chi connectivity index (χ4n) is 3.69. The summed E-state index contributed by atoms with van der Waals surface area (Å²) in [6.45, 7) is 4.36. The monoisotopic (exact) mass is 297 g/mol. The Morgan fingerprint density at radius 1 is 1.32 bits per heavy atom. The van der Waals surface area contributed by atoms with Crippen molar-refractivity contribution in [2.45, 2.75) is 31.6 Å². The van der Waals surface area contributed by atoms with Crippen molar-refractivity contribution in [2.75, 3.05) is 26.2 Å². The number of aromatic nitrogens is 2. The maximum Gasteiger partial charge on any atom is 0.122 e. The normalized spacial score (nSPS) is 21.5. The van der Waals surface area contributed by atoms with Gasteiger partial charge in [0.25, 0.3) is 0 Å². The van der Waals surface area contributed by atoms with Crippen LogP contribution in [0.1, 0.15) is 35.6 Å². The van der Waals surface area contributed by atoms with Gasteiger partial charge >= 0.3 is 0 Å². The molecule has 1 fully saturated rings. The van der Waals surface area contributed by atoms with E-state index in [4.69, 9.17) is 4.74 Å². The van der Waals surface area contributed by atoms with E-state index < -0.39 is 0 Å². The van der Waals surface area contributed by atoms with E-state index >= 15 is 0 Å². The van der Waals surface area contributed by atoms with Gasteiger partial charge in [-0.2, -0.15) is 5.10 Å². The van der Waals surface area contributed by atoms with Gasteiger partial charge in [0.05, 0.1) is 6.61 Å². The number of benzene rings is 1. The Kier molecular flexibility index (Phi) is 3.85. The van der Waals surface area contributed by atoms with Crippen LogP contribution < -0.4 is 4.74 Å². The number of likely N-dealkylation sites (tertiary alicyclic amines) is 1. The van der Waals surface area contributed by atoms with Gasteiger partial charge < -0.3 is 9.64 Å². The molecule has 0 amide bonds. The zero-order chi connectivity index (χ0) is 14.8. The Bertz CT molecular complexity index is 623. The molecule has 1 unspecified atom stereocenters. The van der Waals surface area contributed by atoms with Gasteiger partial charge in [0.15, 0.2) is 0 Å². The second kappa shape index (κ2) is 6.13. The maximum absolute atomic E-state index is 5.58. The number of hydrogen-bond donors (Lipinski definition) is 1. The molecule has 22 heavy (non-hydrogen) atoms. The molecule has 0 aliphatic carbocycles. The summed E-state index contributed by atoms with van der Waals surface area (Å²) in [6.07, 6.45) is 6.61. The second-order valence-corrected chi connectivity index (χ2v) is 6.44. The predicted molar refractivity (Wildman–Crippen MR) is 86.3 cm³/mol. The van der Waals surface area contributed by atoms with E-state index in [0.717, 1.165) is 38.3 Å². The number of rotatable bonds is 4. The van der Waals surface area contributed by atoms with Gasteiger partial charge in [-0.3, -0.25) is 5.10 Å². The van der Waals surface area contributed by atoms with Crippen molar-refractivity contribution in [1.82, 2.24) is 15.1 Å². The summed E-state index contributed by atoms with van der Waals surface area (Å²) in [5, 5.41) is 7.23. The summed E-state index contributed by atoms with van der Waals surface area (Å²) in [4.78, 5) is 2.60. The van der Waals surface area contributed by atoms with E-state index in [1.165, 1.54) is 36.2 Å². The number of nitrogens with one attached hydrogen (secondary N) is 1. The molecule has 4 nitrogen and oxygen atoms in total.